The third-order valence-electron chi connectivity index (χ3n) is 3.59. The molecule has 2 aromatic rings. The van der Waals surface area contributed by atoms with E-state index < -0.39 is 0 Å². The minimum Gasteiger partial charge on any atom is -0.485 e. The van der Waals surface area contributed by atoms with E-state index >= 15 is 0 Å². The predicted molar refractivity (Wildman–Crippen MR) is 82.6 cm³/mol. The van der Waals surface area contributed by atoms with Crippen molar-refractivity contribution in [3.63, 3.8) is 0 Å². The van der Waals surface area contributed by atoms with Crippen molar-refractivity contribution in [2.75, 3.05) is 13.1 Å². The number of ether oxygens (including phenoxy) is 1. The molecule has 0 unspecified atom stereocenters. The number of benzene rings is 2. The number of halogens is 3. The Kier molecular flexibility index (Phi) is 4.34. The van der Waals surface area contributed by atoms with E-state index in [0.717, 1.165) is 18.7 Å². The molecule has 1 heterocycles. The summed E-state index contributed by atoms with van der Waals surface area (Å²) in [6, 6.07) is 11.6. The normalized spacial score (nSPS) is 16.3. The molecule has 0 aromatic heterocycles. The molecule has 1 fully saturated rings. The lowest BCUT2D eigenvalue weighted by Gasteiger charge is -2.35. The average Bonchev–Trinajstić information content (AvgIpc) is 2.41. The van der Waals surface area contributed by atoms with E-state index in [9.17, 15) is 4.39 Å². The Labute approximate surface area is 132 Å². The highest BCUT2D eigenvalue weighted by Crippen LogP contribution is 2.34. The smallest absolute Gasteiger partial charge is 0.129 e. The third-order valence-corrected chi connectivity index (χ3v) is 4.33. The molecule has 21 heavy (non-hydrogen) atoms. The summed E-state index contributed by atoms with van der Waals surface area (Å²) in [6.45, 7) is 1.76. The van der Waals surface area contributed by atoms with Crippen LogP contribution in [0.3, 0.4) is 0 Å². The maximum Gasteiger partial charge on any atom is 0.129 e. The van der Waals surface area contributed by atoms with Crippen molar-refractivity contribution in [3.8, 4) is 5.75 Å². The van der Waals surface area contributed by atoms with Crippen LogP contribution in [-0.4, -0.2) is 13.1 Å². The lowest BCUT2D eigenvalue weighted by Crippen LogP contribution is -2.46. The number of rotatable bonds is 4. The maximum absolute atomic E-state index is 13.0. The van der Waals surface area contributed by atoms with Crippen molar-refractivity contribution >= 4 is 23.2 Å². The second-order valence-corrected chi connectivity index (χ2v) is 5.90. The molecule has 0 spiro atoms. The van der Waals surface area contributed by atoms with Crippen LogP contribution in [-0.2, 0) is 0 Å². The highest BCUT2D eigenvalue weighted by molar-refractivity contribution is 6.42. The van der Waals surface area contributed by atoms with Crippen molar-refractivity contribution in [1.82, 2.24) is 5.32 Å². The molecule has 1 atom stereocenters. The van der Waals surface area contributed by atoms with Gasteiger partial charge in [0.15, 0.2) is 0 Å². The summed E-state index contributed by atoms with van der Waals surface area (Å²) in [4.78, 5) is 0. The van der Waals surface area contributed by atoms with E-state index in [1.807, 2.05) is 12.1 Å². The Morgan fingerprint density at radius 3 is 2.33 bits per heavy atom. The second-order valence-electron chi connectivity index (χ2n) is 5.08. The molecule has 0 amide bonds. The van der Waals surface area contributed by atoms with Crippen molar-refractivity contribution in [2.45, 2.75) is 6.10 Å². The summed E-state index contributed by atoms with van der Waals surface area (Å²) >= 11 is 12.1. The summed E-state index contributed by atoms with van der Waals surface area (Å²) in [6.07, 6.45) is -0.133. The summed E-state index contributed by atoms with van der Waals surface area (Å²) in [5.74, 6) is 0.713. The molecule has 3 rings (SSSR count). The van der Waals surface area contributed by atoms with Gasteiger partial charge in [-0.25, -0.2) is 4.39 Å². The van der Waals surface area contributed by atoms with Gasteiger partial charge in [0.2, 0.25) is 0 Å². The summed E-state index contributed by atoms with van der Waals surface area (Å²) < 4.78 is 19.0. The largest absolute Gasteiger partial charge is 0.485 e. The van der Waals surface area contributed by atoms with Crippen LogP contribution < -0.4 is 10.1 Å². The Bertz CT molecular complexity index is 629. The van der Waals surface area contributed by atoms with Gasteiger partial charge in [0, 0.05) is 19.0 Å². The molecule has 0 saturated carbocycles. The predicted octanol–water partition coefficient (Wildman–Crippen LogP) is 4.47. The minimum absolute atomic E-state index is 0.133. The zero-order valence-electron chi connectivity index (χ0n) is 11.2. The fourth-order valence-electron chi connectivity index (χ4n) is 2.31. The van der Waals surface area contributed by atoms with Gasteiger partial charge in [0.05, 0.1) is 10.0 Å². The fraction of sp³-hybridized carbons (Fsp3) is 0.250. The van der Waals surface area contributed by atoms with Gasteiger partial charge in [0.25, 0.3) is 0 Å². The van der Waals surface area contributed by atoms with Crippen LogP contribution in [0.1, 0.15) is 11.7 Å². The van der Waals surface area contributed by atoms with Gasteiger partial charge < -0.3 is 10.1 Å². The van der Waals surface area contributed by atoms with Gasteiger partial charge in [0.1, 0.15) is 17.7 Å². The van der Waals surface area contributed by atoms with Crippen molar-refractivity contribution < 1.29 is 9.13 Å². The van der Waals surface area contributed by atoms with Crippen molar-refractivity contribution in [1.29, 1.82) is 0 Å². The first-order chi connectivity index (χ1) is 10.1. The van der Waals surface area contributed by atoms with Crippen LogP contribution in [0.2, 0.25) is 10.0 Å². The minimum atomic E-state index is -0.279. The third kappa shape index (κ3) is 3.31. The Hall–Kier alpha value is -1.29. The number of hydrogen-bond acceptors (Lipinski definition) is 2. The standard InChI is InChI=1S/C16H14Cl2FNO/c17-14-6-1-10(7-15(14)18)16(11-8-20-9-11)21-13-4-2-12(19)3-5-13/h1-7,11,16,20H,8-9H2/t16-/m1/s1. The first-order valence-electron chi connectivity index (χ1n) is 6.71. The van der Waals surface area contributed by atoms with Crippen molar-refractivity contribution in [2.24, 2.45) is 5.92 Å². The number of nitrogens with one attached hydrogen (secondary N) is 1. The fourth-order valence-corrected chi connectivity index (χ4v) is 2.62. The molecule has 2 aromatic carbocycles. The maximum atomic E-state index is 13.0. The van der Waals surface area contributed by atoms with Crippen LogP contribution in [0.25, 0.3) is 0 Å². The van der Waals surface area contributed by atoms with Crippen LogP contribution in [0.4, 0.5) is 4.39 Å². The highest BCUT2D eigenvalue weighted by atomic mass is 35.5. The molecule has 0 radical (unpaired) electrons. The lowest BCUT2D eigenvalue weighted by atomic mass is 9.91. The van der Waals surface area contributed by atoms with Gasteiger partial charge >= 0.3 is 0 Å². The first kappa shape index (κ1) is 14.6. The van der Waals surface area contributed by atoms with Crippen LogP contribution >= 0.6 is 23.2 Å². The molecule has 1 saturated heterocycles. The average molecular weight is 326 g/mol. The van der Waals surface area contributed by atoms with E-state index in [0.29, 0.717) is 21.7 Å². The Morgan fingerprint density at radius 1 is 1.05 bits per heavy atom. The molecule has 110 valence electrons. The Morgan fingerprint density at radius 2 is 1.76 bits per heavy atom. The molecule has 1 aliphatic heterocycles. The number of hydrogen-bond donors (Lipinski definition) is 1. The molecule has 1 aliphatic rings. The summed E-state index contributed by atoms with van der Waals surface area (Å²) in [5.41, 5.74) is 0.972. The molecule has 0 bridgehead atoms. The monoisotopic (exact) mass is 325 g/mol. The quantitative estimate of drug-likeness (QED) is 0.895. The summed E-state index contributed by atoms with van der Waals surface area (Å²) in [5, 5.41) is 4.26. The van der Waals surface area contributed by atoms with E-state index in [4.69, 9.17) is 27.9 Å². The highest BCUT2D eigenvalue weighted by Gasteiger charge is 2.30. The molecular formula is C16H14Cl2FNO. The zero-order valence-corrected chi connectivity index (χ0v) is 12.7. The van der Waals surface area contributed by atoms with Gasteiger partial charge in [-0.05, 0) is 42.0 Å². The topological polar surface area (TPSA) is 21.3 Å². The van der Waals surface area contributed by atoms with Gasteiger partial charge in [-0.15, -0.1) is 0 Å². The van der Waals surface area contributed by atoms with Crippen molar-refractivity contribution in [3.05, 3.63) is 63.9 Å². The SMILES string of the molecule is Fc1ccc(O[C@H](c2ccc(Cl)c(Cl)c2)C2CNC2)cc1. The van der Waals surface area contributed by atoms with Gasteiger partial charge in [-0.3, -0.25) is 0 Å². The van der Waals surface area contributed by atoms with E-state index in [2.05, 4.69) is 5.32 Å². The van der Waals surface area contributed by atoms with Crippen LogP contribution in [0.5, 0.6) is 5.75 Å². The molecule has 0 aliphatic carbocycles. The molecular weight excluding hydrogens is 312 g/mol. The van der Waals surface area contributed by atoms with E-state index in [-0.39, 0.29) is 11.9 Å². The molecule has 2 nitrogen and oxygen atoms in total. The molecule has 5 heteroatoms. The van der Waals surface area contributed by atoms with E-state index in [1.165, 1.54) is 12.1 Å². The van der Waals surface area contributed by atoms with Gasteiger partial charge in [-0.2, -0.15) is 0 Å². The summed E-state index contributed by atoms with van der Waals surface area (Å²) in [7, 11) is 0. The Balaban J connectivity index is 1.86. The first-order valence-corrected chi connectivity index (χ1v) is 7.47. The van der Waals surface area contributed by atoms with Crippen LogP contribution in [0, 0.1) is 11.7 Å². The van der Waals surface area contributed by atoms with Gasteiger partial charge in [-0.1, -0.05) is 29.3 Å². The second kappa shape index (κ2) is 6.22. The van der Waals surface area contributed by atoms with E-state index in [1.54, 1.807) is 18.2 Å². The van der Waals surface area contributed by atoms with Crippen LogP contribution in [0.15, 0.2) is 42.5 Å². The lowest BCUT2D eigenvalue weighted by molar-refractivity contribution is 0.0992. The molecule has 1 N–H and O–H groups in total. The zero-order chi connectivity index (χ0) is 14.8.